The van der Waals surface area contributed by atoms with E-state index < -0.39 is 5.91 Å². The first kappa shape index (κ1) is 14.2. The van der Waals surface area contributed by atoms with Crippen LogP contribution in [0.2, 0.25) is 0 Å². The third-order valence-corrected chi connectivity index (χ3v) is 4.28. The summed E-state index contributed by atoms with van der Waals surface area (Å²) < 4.78 is 1.62. The number of amides is 1. The van der Waals surface area contributed by atoms with Crippen molar-refractivity contribution < 1.29 is 4.79 Å². The maximum atomic E-state index is 11.5. The number of carbonyl (C=O) groups excluding carboxylic acids is 1. The van der Waals surface area contributed by atoms with Gasteiger partial charge in [0.1, 0.15) is 6.33 Å². The second-order valence-corrected chi connectivity index (χ2v) is 5.77. The number of primary amides is 1. The highest BCUT2D eigenvalue weighted by Crippen LogP contribution is 2.28. The van der Waals surface area contributed by atoms with E-state index in [1.807, 2.05) is 30.3 Å². The number of fused-ring (bicyclic) bond motifs is 1. The summed E-state index contributed by atoms with van der Waals surface area (Å²) in [5.74, 6) is -0.402. The fourth-order valence-corrected chi connectivity index (χ4v) is 2.93. The van der Waals surface area contributed by atoms with Crippen LogP contribution in [-0.4, -0.2) is 33.6 Å². The third kappa shape index (κ3) is 2.16. The van der Waals surface area contributed by atoms with Crippen LogP contribution in [0.3, 0.4) is 0 Å². The maximum Gasteiger partial charge on any atom is 0.252 e. The Bertz CT molecular complexity index is 963. The highest BCUT2D eigenvalue weighted by Gasteiger charge is 2.26. The Morgan fingerprint density at radius 1 is 1.21 bits per heavy atom. The van der Waals surface area contributed by atoms with Gasteiger partial charge in [-0.1, -0.05) is 12.1 Å². The zero-order chi connectivity index (χ0) is 16.7. The van der Waals surface area contributed by atoms with Crippen LogP contribution in [0.25, 0.3) is 16.9 Å². The highest BCUT2D eigenvalue weighted by atomic mass is 16.1. The molecule has 24 heavy (non-hydrogen) atoms. The Balaban J connectivity index is 1.69. The number of hydrogen-bond donors (Lipinski definition) is 1. The molecule has 0 aliphatic carbocycles. The van der Waals surface area contributed by atoms with Gasteiger partial charge in [0.15, 0.2) is 5.65 Å². The van der Waals surface area contributed by atoms with Gasteiger partial charge in [0.2, 0.25) is 0 Å². The molecule has 1 saturated heterocycles. The van der Waals surface area contributed by atoms with Crippen LogP contribution in [-0.2, 0) is 0 Å². The molecule has 1 fully saturated rings. The van der Waals surface area contributed by atoms with E-state index in [1.165, 1.54) is 6.33 Å². The minimum absolute atomic E-state index is 0.126. The van der Waals surface area contributed by atoms with Gasteiger partial charge in [0.05, 0.1) is 23.2 Å². The van der Waals surface area contributed by atoms with E-state index in [0.717, 1.165) is 30.0 Å². The van der Waals surface area contributed by atoms with Crippen molar-refractivity contribution >= 4 is 17.2 Å². The van der Waals surface area contributed by atoms with Crippen molar-refractivity contribution in [1.29, 1.82) is 5.26 Å². The number of pyridine rings is 1. The van der Waals surface area contributed by atoms with Crippen LogP contribution >= 0.6 is 0 Å². The first-order valence-electron chi connectivity index (χ1n) is 7.55. The minimum atomic E-state index is -0.528. The largest absolute Gasteiger partial charge is 0.369 e. The van der Waals surface area contributed by atoms with Crippen LogP contribution in [0.4, 0.5) is 5.69 Å². The summed E-state index contributed by atoms with van der Waals surface area (Å²) in [6, 6.07) is 13.8. The summed E-state index contributed by atoms with van der Waals surface area (Å²) in [6.07, 6.45) is 1.40. The van der Waals surface area contributed by atoms with Gasteiger partial charge in [-0.3, -0.25) is 4.79 Å². The van der Waals surface area contributed by atoms with Crippen molar-refractivity contribution in [3.63, 3.8) is 0 Å². The fraction of sp³-hybridized carbons (Fsp3) is 0.176. The first-order chi connectivity index (χ1) is 11.7. The van der Waals surface area contributed by atoms with E-state index in [0.29, 0.717) is 11.2 Å². The predicted molar refractivity (Wildman–Crippen MR) is 88.3 cm³/mol. The Morgan fingerprint density at radius 2 is 1.96 bits per heavy atom. The van der Waals surface area contributed by atoms with Crippen molar-refractivity contribution in [1.82, 2.24) is 14.6 Å². The molecule has 0 spiro atoms. The molecular weight excluding hydrogens is 304 g/mol. The molecule has 0 unspecified atom stereocenters. The van der Waals surface area contributed by atoms with E-state index in [-0.39, 0.29) is 5.92 Å². The van der Waals surface area contributed by atoms with Crippen molar-refractivity contribution in [2.45, 2.75) is 0 Å². The molecule has 0 atom stereocenters. The van der Waals surface area contributed by atoms with Crippen LogP contribution < -0.4 is 10.6 Å². The minimum Gasteiger partial charge on any atom is -0.369 e. The number of carbonyl (C=O) groups is 1. The van der Waals surface area contributed by atoms with Gasteiger partial charge in [-0.2, -0.15) is 10.4 Å². The molecule has 4 rings (SSSR count). The molecule has 2 N–H and O–H groups in total. The van der Waals surface area contributed by atoms with Crippen molar-refractivity contribution in [3.8, 4) is 17.3 Å². The van der Waals surface area contributed by atoms with E-state index in [9.17, 15) is 4.79 Å². The molecule has 0 bridgehead atoms. The topological polar surface area (TPSA) is 100 Å². The molecule has 118 valence electrons. The number of nitrogens with zero attached hydrogens (tertiary/aromatic N) is 5. The Labute approximate surface area is 137 Å². The molecule has 1 aliphatic heterocycles. The second kappa shape index (κ2) is 5.35. The summed E-state index contributed by atoms with van der Waals surface area (Å²) in [6.45, 7) is 1.55. The number of aromatic nitrogens is 3. The standard InChI is InChI=1S/C17H14N6O/c18-7-11-8-22(9-11)13-3-1-12(2-4-13)15-6-5-14(16(19)24)17-20-10-21-23(15)17/h1-6,10-11H,8-9H2,(H2,19,24). The fourth-order valence-electron chi connectivity index (χ4n) is 2.93. The summed E-state index contributed by atoms with van der Waals surface area (Å²) >= 11 is 0. The lowest BCUT2D eigenvalue weighted by molar-refractivity contribution is 0.100. The zero-order valence-corrected chi connectivity index (χ0v) is 12.8. The number of nitriles is 1. The molecule has 1 aliphatic rings. The van der Waals surface area contributed by atoms with Gasteiger partial charge in [-0.05, 0) is 24.3 Å². The Kier molecular flexibility index (Phi) is 3.17. The SMILES string of the molecule is N#CC1CN(c2ccc(-c3ccc(C(N)=O)c4ncnn34)cc2)C1. The normalized spacial score (nSPS) is 14.4. The molecule has 3 aromatic rings. The van der Waals surface area contributed by atoms with Gasteiger partial charge in [0, 0.05) is 24.3 Å². The van der Waals surface area contributed by atoms with E-state index in [1.54, 1.807) is 10.6 Å². The lowest BCUT2D eigenvalue weighted by atomic mass is 10.0. The van der Waals surface area contributed by atoms with Gasteiger partial charge < -0.3 is 10.6 Å². The van der Waals surface area contributed by atoms with Crippen LogP contribution in [0.1, 0.15) is 10.4 Å². The number of rotatable bonds is 3. The molecule has 2 aromatic heterocycles. The molecular formula is C17H14N6O. The third-order valence-electron chi connectivity index (χ3n) is 4.28. The lowest BCUT2D eigenvalue weighted by Crippen LogP contribution is -2.45. The van der Waals surface area contributed by atoms with Crippen molar-refractivity contribution in [3.05, 3.63) is 48.3 Å². The molecule has 1 aromatic carbocycles. The highest BCUT2D eigenvalue weighted by molar-refractivity contribution is 5.99. The van der Waals surface area contributed by atoms with E-state index in [2.05, 4.69) is 21.1 Å². The molecule has 7 nitrogen and oxygen atoms in total. The molecule has 7 heteroatoms. The lowest BCUT2D eigenvalue weighted by Gasteiger charge is -2.37. The van der Waals surface area contributed by atoms with Gasteiger partial charge in [-0.25, -0.2) is 9.50 Å². The summed E-state index contributed by atoms with van der Waals surface area (Å²) in [5, 5.41) is 13.1. The van der Waals surface area contributed by atoms with E-state index in [4.69, 9.17) is 11.0 Å². The average molecular weight is 318 g/mol. The number of anilines is 1. The molecule has 0 saturated carbocycles. The predicted octanol–water partition coefficient (Wildman–Crippen LogP) is 1.45. The van der Waals surface area contributed by atoms with Crippen molar-refractivity contribution in [2.75, 3.05) is 18.0 Å². The first-order valence-corrected chi connectivity index (χ1v) is 7.55. The van der Waals surface area contributed by atoms with E-state index >= 15 is 0 Å². The zero-order valence-electron chi connectivity index (χ0n) is 12.8. The van der Waals surface area contributed by atoms with Gasteiger partial charge in [0.25, 0.3) is 5.91 Å². The molecule has 1 amide bonds. The van der Waals surface area contributed by atoms with Crippen molar-refractivity contribution in [2.24, 2.45) is 11.7 Å². The Morgan fingerprint density at radius 3 is 2.62 bits per heavy atom. The monoisotopic (exact) mass is 318 g/mol. The van der Waals surface area contributed by atoms with Gasteiger partial charge >= 0.3 is 0 Å². The smallest absolute Gasteiger partial charge is 0.252 e. The number of nitrogens with two attached hydrogens (primary N) is 1. The van der Waals surface area contributed by atoms with Crippen LogP contribution in [0, 0.1) is 17.2 Å². The summed E-state index contributed by atoms with van der Waals surface area (Å²) in [4.78, 5) is 17.8. The number of benzene rings is 1. The summed E-state index contributed by atoms with van der Waals surface area (Å²) in [5.41, 5.74) is 9.05. The number of hydrogen-bond acceptors (Lipinski definition) is 5. The maximum absolute atomic E-state index is 11.5. The second-order valence-electron chi connectivity index (χ2n) is 5.77. The van der Waals surface area contributed by atoms with Gasteiger partial charge in [-0.15, -0.1) is 0 Å². The van der Waals surface area contributed by atoms with Crippen LogP contribution in [0.15, 0.2) is 42.7 Å². The average Bonchev–Trinajstić information content (AvgIpc) is 3.03. The Hall–Kier alpha value is -3.40. The molecule has 3 heterocycles. The quantitative estimate of drug-likeness (QED) is 0.788. The summed E-state index contributed by atoms with van der Waals surface area (Å²) in [7, 11) is 0. The molecule has 0 radical (unpaired) electrons. The van der Waals surface area contributed by atoms with Crippen LogP contribution in [0.5, 0.6) is 0 Å².